The lowest BCUT2D eigenvalue weighted by Gasteiger charge is -2.33. The van der Waals surface area contributed by atoms with Crippen molar-refractivity contribution >= 4 is 17.8 Å². The number of halogens is 2. The van der Waals surface area contributed by atoms with Gasteiger partial charge in [0.25, 0.3) is 17.8 Å². The Hall–Kier alpha value is -2.62. The molecule has 0 amide bonds. The van der Waals surface area contributed by atoms with Gasteiger partial charge in [-0.25, -0.2) is 4.39 Å². The van der Waals surface area contributed by atoms with Crippen molar-refractivity contribution in [2.24, 2.45) is 11.3 Å². The Morgan fingerprint density at radius 2 is 2.03 bits per heavy atom. The van der Waals surface area contributed by atoms with Gasteiger partial charge in [0.2, 0.25) is 5.82 Å². The lowest BCUT2D eigenvalue weighted by Crippen LogP contribution is -2.42. The second kappa shape index (κ2) is 8.30. The summed E-state index contributed by atoms with van der Waals surface area (Å²) in [5.41, 5.74) is -0.207. The Morgan fingerprint density at radius 1 is 1.24 bits per heavy atom. The Labute approximate surface area is 195 Å². The number of thioether (sulfide) groups is 1. The molecule has 2 aliphatic carbocycles. The highest BCUT2D eigenvalue weighted by atomic mass is 32.2. The Balaban J connectivity index is 1.19. The van der Waals surface area contributed by atoms with Gasteiger partial charge in [-0.1, -0.05) is 0 Å². The average Bonchev–Trinajstić information content (AvgIpc) is 3.71. The molecule has 7 nitrogen and oxygen atoms in total. The zero-order valence-electron chi connectivity index (χ0n) is 18.6. The summed E-state index contributed by atoms with van der Waals surface area (Å²) >= 11 is 1.40. The van der Waals surface area contributed by atoms with Crippen molar-refractivity contribution in [1.82, 2.24) is 14.9 Å². The van der Waals surface area contributed by atoms with E-state index in [1.54, 1.807) is 6.07 Å². The Bertz CT molecular complexity index is 1080. The number of amidine groups is 1. The molecule has 5 rings (SSSR count). The highest BCUT2D eigenvalue weighted by Gasteiger charge is 2.58. The summed E-state index contributed by atoms with van der Waals surface area (Å²) in [7, 11) is 0. The fourth-order valence-corrected chi connectivity index (χ4v) is 4.66. The highest BCUT2D eigenvalue weighted by molar-refractivity contribution is 7.98. The zero-order chi connectivity index (χ0) is 23.2. The predicted octanol–water partition coefficient (Wildman–Crippen LogP) is 4.86. The van der Waals surface area contributed by atoms with Crippen molar-refractivity contribution in [2.45, 2.75) is 43.1 Å². The molecule has 2 saturated carbocycles. The van der Waals surface area contributed by atoms with Crippen LogP contribution >= 0.6 is 11.8 Å². The van der Waals surface area contributed by atoms with E-state index in [2.05, 4.69) is 9.97 Å². The fourth-order valence-electron chi connectivity index (χ4n) is 4.24. The molecular weight excluding hydrogens is 450 g/mol. The first-order valence-corrected chi connectivity index (χ1v) is 12.2. The highest BCUT2D eigenvalue weighted by Crippen LogP contribution is 2.58. The van der Waals surface area contributed by atoms with E-state index in [-0.39, 0.29) is 34.5 Å². The summed E-state index contributed by atoms with van der Waals surface area (Å²) in [5.74, 6) is -1.79. The van der Waals surface area contributed by atoms with E-state index in [1.165, 1.54) is 23.9 Å². The molecule has 2 aromatic rings. The molecule has 1 aromatic carbocycles. The average molecular weight is 477 g/mol. The predicted molar refractivity (Wildman–Crippen MR) is 119 cm³/mol. The van der Waals surface area contributed by atoms with Crippen LogP contribution in [0.25, 0.3) is 0 Å². The summed E-state index contributed by atoms with van der Waals surface area (Å²) < 4.78 is 46.0. The molecule has 10 heteroatoms. The van der Waals surface area contributed by atoms with Crippen molar-refractivity contribution in [1.29, 1.82) is 5.41 Å². The standard InChI is InChI=1S/C23H26F2N4O3S/c1-22(5-6-22)32-21(26)29-8-7-23(10-14(23)11-29)12-30-19-18(25)20(28-13-27-19)31-17-4-3-15(33-2)9-16(17)24/h3-4,9,13-14,26H,5-8,10-12H2,1-2H3. The molecule has 3 fully saturated rings. The molecule has 1 aliphatic heterocycles. The van der Waals surface area contributed by atoms with Gasteiger partial charge >= 0.3 is 0 Å². The number of hydrogen-bond donors (Lipinski definition) is 1. The van der Waals surface area contributed by atoms with Gasteiger partial charge in [-0.3, -0.25) is 5.41 Å². The number of nitrogens with one attached hydrogen (secondary N) is 1. The summed E-state index contributed by atoms with van der Waals surface area (Å²) in [6.07, 6.45) is 6.76. The zero-order valence-corrected chi connectivity index (χ0v) is 19.4. The minimum atomic E-state index is -0.857. The van der Waals surface area contributed by atoms with E-state index in [0.717, 1.165) is 43.5 Å². The largest absolute Gasteiger partial charge is 0.475 e. The molecule has 3 aliphatic rings. The number of rotatable bonds is 7. The van der Waals surface area contributed by atoms with Gasteiger partial charge in [0.15, 0.2) is 11.6 Å². The van der Waals surface area contributed by atoms with Gasteiger partial charge in [0.05, 0.1) is 6.61 Å². The summed E-state index contributed by atoms with van der Waals surface area (Å²) in [5, 5.41) is 8.23. The maximum atomic E-state index is 14.9. The normalized spacial score (nSPS) is 24.6. The van der Waals surface area contributed by atoms with Crippen LogP contribution in [0.15, 0.2) is 29.4 Å². The van der Waals surface area contributed by atoms with Crippen LogP contribution in [0.2, 0.25) is 0 Å². The lowest BCUT2D eigenvalue weighted by atomic mass is 9.96. The summed E-state index contributed by atoms with van der Waals surface area (Å²) in [4.78, 5) is 10.4. The lowest BCUT2D eigenvalue weighted by molar-refractivity contribution is 0.108. The molecular formula is C23H26F2N4O3S. The van der Waals surface area contributed by atoms with Crippen LogP contribution in [-0.4, -0.2) is 52.4 Å². The van der Waals surface area contributed by atoms with Crippen LogP contribution in [-0.2, 0) is 4.74 Å². The fraction of sp³-hybridized carbons (Fsp3) is 0.522. The minimum absolute atomic E-state index is 0.0432. The van der Waals surface area contributed by atoms with Crippen molar-refractivity contribution < 1.29 is 23.0 Å². The maximum absolute atomic E-state index is 14.9. The monoisotopic (exact) mass is 476 g/mol. The molecule has 2 unspecified atom stereocenters. The van der Waals surface area contributed by atoms with Gasteiger partial charge in [-0.2, -0.15) is 14.4 Å². The molecule has 33 heavy (non-hydrogen) atoms. The molecule has 0 spiro atoms. The van der Waals surface area contributed by atoms with Crippen molar-refractivity contribution in [3.8, 4) is 17.5 Å². The third-order valence-corrected chi connectivity index (χ3v) is 7.56. The van der Waals surface area contributed by atoms with Crippen molar-refractivity contribution in [3.05, 3.63) is 36.2 Å². The molecule has 1 aromatic heterocycles. The van der Waals surface area contributed by atoms with Crippen molar-refractivity contribution in [2.75, 3.05) is 26.0 Å². The number of ether oxygens (including phenoxy) is 3. The first-order valence-electron chi connectivity index (χ1n) is 11.0. The smallest absolute Gasteiger partial charge is 0.284 e. The SMILES string of the molecule is CSc1ccc(Oc2ncnc(OCC34CCN(C(=N)OC5(C)CC5)CC3C4)c2F)c(F)c1. The van der Waals surface area contributed by atoms with Crippen LogP contribution < -0.4 is 9.47 Å². The number of hydrogen-bond acceptors (Lipinski definition) is 7. The number of piperidine rings is 1. The van der Waals surface area contributed by atoms with Gasteiger partial charge in [-0.15, -0.1) is 11.8 Å². The minimum Gasteiger partial charge on any atom is -0.475 e. The van der Waals surface area contributed by atoms with Gasteiger partial charge in [0, 0.05) is 23.4 Å². The second-order valence-corrected chi connectivity index (χ2v) is 10.2. The van der Waals surface area contributed by atoms with Gasteiger partial charge < -0.3 is 19.1 Å². The van der Waals surface area contributed by atoms with E-state index >= 15 is 0 Å². The van der Waals surface area contributed by atoms with E-state index in [9.17, 15) is 8.78 Å². The Kier molecular flexibility index (Phi) is 5.58. The van der Waals surface area contributed by atoms with E-state index in [1.807, 2.05) is 18.1 Å². The third-order valence-electron chi connectivity index (χ3n) is 6.83. The number of nitrogens with zero attached hydrogens (tertiary/aromatic N) is 3. The number of fused-ring (bicyclic) bond motifs is 1. The molecule has 176 valence electrons. The van der Waals surface area contributed by atoms with Gasteiger partial charge in [0.1, 0.15) is 11.9 Å². The summed E-state index contributed by atoms with van der Waals surface area (Å²) in [6, 6.07) is 4.70. The summed E-state index contributed by atoms with van der Waals surface area (Å²) in [6.45, 7) is 3.80. The number of benzene rings is 1. The Morgan fingerprint density at radius 3 is 2.73 bits per heavy atom. The molecule has 1 saturated heterocycles. The van der Waals surface area contributed by atoms with Crippen LogP contribution in [0.3, 0.4) is 0 Å². The molecule has 0 radical (unpaired) electrons. The van der Waals surface area contributed by atoms with E-state index < -0.39 is 11.6 Å². The second-order valence-electron chi connectivity index (χ2n) is 9.30. The number of likely N-dealkylation sites (tertiary alicyclic amines) is 1. The third kappa shape index (κ3) is 4.58. The van der Waals surface area contributed by atoms with E-state index in [4.69, 9.17) is 19.6 Å². The van der Waals surface area contributed by atoms with Crippen LogP contribution in [0.5, 0.6) is 17.5 Å². The molecule has 1 N–H and O–H groups in total. The first kappa shape index (κ1) is 22.2. The van der Waals surface area contributed by atoms with Gasteiger partial charge in [-0.05, 0) is 63.0 Å². The number of aromatic nitrogens is 2. The molecule has 2 heterocycles. The maximum Gasteiger partial charge on any atom is 0.284 e. The van der Waals surface area contributed by atoms with Crippen molar-refractivity contribution in [3.63, 3.8) is 0 Å². The topological polar surface area (TPSA) is 80.6 Å². The van der Waals surface area contributed by atoms with Crippen LogP contribution in [0, 0.1) is 28.4 Å². The molecule has 2 atom stereocenters. The van der Waals surface area contributed by atoms with Crippen LogP contribution in [0.4, 0.5) is 8.78 Å². The molecule has 0 bridgehead atoms. The van der Waals surface area contributed by atoms with Crippen LogP contribution in [0.1, 0.15) is 32.6 Å². The quantitative estimate of drug-likeness (QED) is 0.347. The first-order chi connectivity index (χ1) is 15.8. The van der Waals surface area contributed by atoms with E-state index in [0.29, 0.717) is 19.1 Å².